The Morgan fingerprint density at radius 1 is 0.500 bits per heavy atom. The largest absolute Gasteiger partial charge is 0.436 e. The zero-order valence-corrected chi connectivity index (χ0v) is 20.3. The zero-order chi connectivity index (χ0) is 23.7. The number of rotatable bonds is 2. The minimum Gasteiger partial charge on any atom is -0.436 e. The van der Waals surface area contributed by atoms with E-state index in [2.05, 4.69) is 90.1 Å². The van der Waals surface area contributed by atoms with Crippen molar-refractivity contribution in [2.75, 3.05) is 0 Å². The predicted octanol–water partition coefficient (Wildman–Crippen LogP) is 8.31. The van der Waals surface area contributed by atoms with E-state index >= 15 is 0 Å². The maximum absolute atomic E-state index is 6.16. The second-order valence-electron chi connectivity index (χ2n) is 9.42. The normalized spacial score (nSPS) is 11.8. The molecule has 0 spiro atoms. The van der Waals surface area contributed by atoms with E-state index in [4.69, 9.17) is 18.8 Å². The lowest BCUT2D eigenvalue weighted by Gasteiger charge is -2.11. The van der Waals surface area contributed by atoms with E-state index in [1.54, 1.807) is 0 Å². The van der Waals surface area contributed by atoms with Gasteiger partial charge in [0.05, 0.1) is 0 Å². The molecule has 0 saturated heterocycles. The van der Waals surface area contributed by atoms with Gasteiger partial charge in [0.25, 0.3) is 0 Å². The minimum atomic E-state index is 0.658. The SMILES string of the molecule is Cc1cc2nc(-c3ccc4c(C)c(-c5nc6cc(C)c(C)cc6o5)ccc4c3C)oc2cc1C. The molecule has 0 saturated carbocycles. The van der Waals surface area contributed by atoms with Gasteiger partial charge in [-0.15, -0.1) is 0 Å². The summed E-state index contributed by atoms with van der Waals surface area (Å²) in [5.41, 5.74) is 12.6. The van der Waals surface area contributed by atoms with Crippen molar-refractivity contribution in [1.29, 1.82) is 0 Å². The van der Waals surface area contributed by atoms with Crippen molar-refractivity contribution in [3.05, 3.63) is 81.9 Å². The molecule has 0 unspecified atom stereocenters. The van der Waals surface area contributed by atoms with Crippen molar-refractivity contribution in [1.82, 2.24) is 9.97 Å². The van der Waals surface area contributed by atoms with Gasteiger partial charge in [0.1, 0.15) is 11.0 Å². The van der Waals surface area contributed by atoms with Crippen LogP contribution in [0.2, 0.25) is 0 Å². The van der Waals surface area contributed by atoms with Gasteiger partial charge in [-0.3, -0.25) is 0 Å². The van der Waals surface area contributed by atoms with Crippen LogP contribution in [0.15, 0.2) is 57.4 Å². The number of hydrogen-bond donors (Lipinski definition) is 0. The fourth-order valence-electron chi connectivity index (χ4n) is 4.76. The van der Waals surface area contributed by atoms with Crippen LogP contribution in [-0.2, 0) is 0 Å². The van der Waals surface area contributed by atoms with Crippen LogP contribution in [0.5, 0.6) is 0 Å². The van der Waals surface area contributed by atoms with E-state index in [-0.39, 0.29) is 0 Å². The summed E-state index contributed by atoms with van der Waals surface area (Å²) in [6.45, 7) is 12.7. The molecule has 0 N–H and O–H groups in total. The number of aromatic nitrogens is 2. The molecule has 6 rings (SSSR count). The topological polar surface area (TPSA) is 52.1 Å². The lowest BCUT2D eigenvalue weighted by atomic mass is 9.94. The highest BCUT2D eigenvalue weighted by Crippen LogP contribution is 2.37. The number of fused-ring (bicyclic) bond motifs is 3. The van der Waals surface area contributed by atoms with E-state index in [9.17, 15) is 0 Å². The molecule has 168 valence electrons. The van der Waals surface area contributed by atoms with Crippen LogP contribution in [0.25, 0.3) is 55.9 Å². The Morgan fingerprint density at radius 3 is 1.29 bits per heavy atom. The number of nitrogens with zero attached hydrogens (tertiary/aromatic N) is 2. The lowest BCUT2D eigenvalue weighted by Crippen LogP contribution is -1.91. The molecule has 2 heterocycles. The monoisotopic (exact) mass is 446 g/mol. The van der Waals surface area contributed by atoms with Gasteiger partial charge < -0.3 is 8.83 Å². The third-order valence-corrected chi connectivity index (χ3v) is 7.21. The standard InChI is InChI=1S/C30H26N2O2/c1-15-11-25-27(13-17(15)3)33-29(31-25)23-9-7-22-20(6)24(10-8-21(22)19(23)5)30-32-26-12-16(2)18(4)14-28(26)34-30/h7-14H,1-6H3. The Hall–Kier alpha value is -3.92. The van der Waals surface area contributed by atoms with Gasteiger partial charge in [0.2, 0.25) is 11.8 Å². The van der Waals surface area contributed by atoms with Crippen LogP contribution in [0.4, 0.5) is 0 Å². The molecule has 0 atom stereocenters. The predicted molar refractivity (Wildman–Crippen MR) is 138 cm³/mol. The molecule has 4 heteroatoms. The van der Waals surface area contributed by atoms with Crippen molar-refractivity contribution >= 4 is 33.0 Å². The zero-order valence-electron chi connectivity index (χ0n) is 20.3. The first kappa shape index (κ1) is 20.7. The first-order valence-electron chi connectivity index (χ1n) is 11.6. The summed E-state index contributed by atoms with van der Waals surface area (Å²) >= 11 is 0. The highest BCUT2D eigenvalue weighted by atomic mass is 16.4. The molecule has 6 aromatic rings. The number of aryl methyl sites for hydroxylation is 6. The van der Waals surface area contributed by atoms with Crippen molar-refractivity contribution in [2.45, 2.75) is 41.5 Å². The molecular formula is C30H26N2O2. The Kier molecular flexibility index (Phi) is 4.43. The van der Waals surface area contributed by atoms with Gasteiger partial charge in [0, 0.05) is 11.1 Å². The van der Waals surface area contributed by atoms with Crippen LogP contribution < -0.4 is 0 Å². The van der Waals surface area contributed by atoms with E-state index in [0.29, 0.717) is 11.8 Å². The average molecular weight is 447 g/mol. The highest BCUT2D eigenvalue weighted by Gasteiger charge is 2.17. The molecular weight excluding hydrogens is 420 g/mol. The highest BCUT2D eigenvalue weighted by molar-refractivity contribution is 5.96. The Morgan fingerprint density at radius 2 is 0.882 bits per heavy atom. The summed E-state index contributed by atoms with van der Waals surface area (Å²) in [4.78, 5) is 9.57. The molecule has 2 aromatic heterocycles. The molecule has 0 bridgehead atoms. The second kappa shape index (κ2) is 7.29. The van der Waals surface area contributed by atoms with Crippen LogP contribution in [0.1, 0.15) is 33.4 Å². The van der Waals surface area contributed by atoms with Crippen LogP contribution in [-0.4, -0.2) is 9.97 Å². The van der Waals surface area contributed by atoms with Gasteiger partial charge >= 0.3 is 0 Å². The fraction of sp³-hybridized carbons (Fsp3) is 0.200. The van der Waals surface area contributed by atoms with Gasteiger partial charge in [-0.25, -0.2) is 9.97 Å². The van der Waals surface area contributed by atoms with E-state index in [1.165, 1.54) is 33.0 Å². The average Bonchev–Trinajstić information content (AvgIpc) is 3.38. The van der Waals surface area contributed by atoms with E-state index in [0.717, 1.165) is 44.5 Å². The van der Waals surface area contributed by atoms with Crippen molar-refractivity contribution in [2.24, 2.45) is 0 Å². The maximum Gasteiger partial charge on any atom is 0.227 e. The first-order valence-corrected chi connectivity index (χ1v) is 11.6. The maximum atomic E-state index is 6.16. The van der Waals surface area contributed by atoms with E-state index in [1.807, 2.05) is 0 Å². The summed E-state index contributed by atoms with van der Waals surface area (Å²) < 4.78 is 12.3. The Labute approximate surface area is 198 Å². The van der Waals surface area contributed by atoms with E-state index < -0.39 is 0 Å². The molecule has 4 nitrogen and oxygen atoms in total. The lowest BCUT2D eigenvalue weighted by molar-refractivity contribution is 0.618. The number of oxazole rings is 2. The quantitative estimate of drug-likeness (QED) is 0.268. The molecule has 4 aromatic carbocycles. The first-order chi connectivity index (χ1) is 16.3. The van der Waals surface area contributed by atoms with Gasteiger partial charge in [0.15, 0.2) is 11.2 Å². The summed E-state index contributed by atoms with van der Waals surface area (Å²) in [6.07, 6.45) is 0. The summed E-state index contributed by atoms with van der Waals surface area (Å²) in [5.74, 6) is 1.32. The second-order valence-corrected chi connectivity index (χ2v) is 9.42. The van der Waals surface area contributed by atoms with Crippen molar-refractivity contribution in [3.63, 3.8) is 0 Å². The summed E-state index contributed by atoms with van der Waals surface area (Å²) in [7, 11) is 0. The molecule has 34 heavy (non-hydrogen) atoms. The summed E-state index contributed by atoms with van der Waals surface area (Å²) in [6, 6.07) is 16.8. The van der Waals surface area contributed by atoms with Crippen molar-refractivity contribution in [3.8, 4) is 22.9 Å². The molecule has 0 aliphatic heterocycles. The molecule has 0 radical (unpaired) electrons. The third-order valence-electron chi connectivity index (χ3n) is 7.21. The molecule has 0 fully saturated rings. The number of benzene rings is 4. The van der Waals surface area contributed by atoms with Gasteiger partial charge in [-0.2, -0.15) is 0 Å². The third kappa shape index (κ3) is 3.06. The van der Waals surface area contributed by atoms with Crippen molar-refractivity contribution < 1.29 is 8.83 Å². The fourth-order valence-corrected chi connectivity index (χ4v) is 4.76. The Balaban J connectivity index is 1.48. The minimum absolute atomic E-state index is 0.658. The van der Waals surface area contributed by atoms with Gasteiger partial charge in [-0.1, -0.05) is 12.1 Å². The van der Waals surface area contributed by atoms with Crippen LogP contribution >= 0.6 is 0 Å². The van der Waals surface area contributed by atoms with Gasteiger partial charge in [-0.05, 0) is 122 Å². The molecule has 0 aliphatic carbocycles. The smallest absolute Gasteiger partial charge is 0.227 e. The molecule has 0 aliphatic rings. The Bertz CT molecular complexity index is 1560. The van der Waals surface area contributed by atoms with Crippen LogP contribution in [0.3, 0.4) is 0 Å². The summed E-state index contributed by atoms with van der Waals surface area (Å²) in [5, 5.41) is 2.35. The number of hydrogen-bond acceptors (Lipinski definition) is 4. The van der Waals surface area contributed by atoms with Crippen LogP contribution in [0, 0.1) is 41.5 Å². The molecule has 0 amide bonds.